The lowest BCUT2D eigenvalue weighted by Gasteiger charge is -2.16. The van der Waals surface area contributed by atoms with Gasteiger partial charge in [0.15, 0.2) is 6.10 Å². The summed E-state index contributed by atoms with van der Waals surface area (Å²) in [6, 6.07) is 16.2. The van der Waals surface area contributed by atoms with Gasteiger partial charge in [-0.15, -0.1) is 0 Å². The molecule has 2 rings (SSSR count). The molecule has 0 aliphatic rings. The number of carbonyl (C=O) groups is 1. The highest BCUT2D eigenvalue weighted by Gasteiger charge is 2.17. The Bertz CT molecular complexity index is 695. The van der Waals surface area contributed by atoms with E-state index in [0.717, 1.165) is 4.47 Å². The molecule has 0 aromatic heterocycles. The third-order valence-corrected chi connectivity index (χ3v) is 3.47. The van der Waals surface area contributed by atoms with Crippen LogP contribution in [0.25, 0.3) is 0 Å². The Morgan fingerprint density at radius 3 is 2.62 bits per heavy atom. The number of halogens is 1. The number of hydrogen-bond donors (Lipinski definition) is 1. The van der Waals surface area contributed by atoms with Crippen LogP contribution in [0.4, 0.5) is 5.69 Å². The van der Waals surface area contributed by atoms with Gasteiger partial charge in [-0.3, -0.25) is 4.79 Å². The van der Waals surface area contributed by atoms with Crippen LogP contribution in [0.2, 0.25) is 0 Å². The number of hydrogen-bond acceptors (Lipinski definition) is 3. The van der Waals surface area contributed by atoms with E-state index in [1.165, 1.54) is 0 Å². The predicted molar refractivity (Wildman–Crippen MR) is 84.0 cm³/mol. The van der Waals surface area contributed by atoms with E-state index in [4.69, 9.17) is 10.00 Å². The van der Waals surface area contributed by atoms with Crippen LogP contribution in [0.3, 0.4) is 0 Å². The Balaban J connectivity index is 2.07. The second-order valence-corrected chi connectivity index (χ2v) is 5.19. The van der Waals surface area contributed by atoms with Crippen molar-refractivity contribution in [1.82, 2.24) is 0 Å². The van der Waals surface area contributed by atoms with E-state index in [1.807, 2.05) is 24.3 Å². The quantitative estimate of drug-likeness (QED) is 0.919. The maximum absolute atomic E-state index is 12.1. The van der Waals surface area contributed by atoms with E-state index in [-0.39, 0.29) is 5.91 Å². The number of amides is 1. The Hall–Kier alpha value is -2.32. The van der Waals surface area contributed by atoms with Gasteiger partial charge in [-0.05, 0) is 47.1 Å². The molecule has 21 heavy (non-hydrogen) atoms. The molecule has 1 amide bonds. The van der Waals surface area contributed by atoms with E-state index in [0.29, 0.717) is 17.0 Å². The summed E-state index contributed by atoms with van der Waals surface area (Å²) in [6.45, 7) is 1.66. The molecule has 0 aliphatic heterocycles. The zero-order chi connectivity index (χ0) is 15.2. The molecular weight excluding hydrogens is 332 g/mol. The number of nitrogens with one attached hydrogen (secondary N) is 1. The van der Waals surface area contributed by atoms with E-state index in [9.17, 15) is 4.79 Å². The van der Waals surface area contributed by atoms with Gasteiger partial charge in [-0.1, -0.05) is 24.3 Å². The molecule has 106 valence electrons. The first-order valence-electron chi connectivity index (χ1n) is 6.33. The molecule has 1 N–H and O–H groups in total. The fourth-order valence-electron chi connectivity index (χ4n) is 1.71. The molecule has 0 saturated carbocycles. The number of benzene rings is 2. The summed E-state index contributed by atoms with van der Waals surface area (Å²) in [5.41, 5.74) is 0.895. The lowest BCUT2D eigenvalue weighted by molar-refractivity contribution is -0.122. The minimum Gasteiger partial charge on any atom is -0.480 e. The smallest absolute Gasteiger partial charge is 0.265 e. The number of nitriles is 1. The second-order valence-electron chi connectivity index (χ2n) is 4.34. The van der Waals surface area contributed by atoms with E-state index in [1.54, 1.807) is 37.3 Å². The third kappa shape index (κ3) is 3.83. The van der Waals surface area contributed by atoms with Crippen molar-refractivity contribution in [2.75, 3.05) is 5.32 Å². The molecule has 0 radical (unpaired) electrons. The Morgan fingerprint density at radius 1 is 1.24 bits per heavy atom. The highest BCUT2D eigenvalue weighted by atomic mass is 79.9. The normalized spacial score (nSPS) is 11.3. The summed E-state index contributed by atoms with van der Waals surface area (Å²) >= 11 is 3.36. The van der Waals surface area contributed by atoms with Crippen LogP contribution in [0.1, 0.15) is 12.5 Å². The summed E-state index contributed by atoms with van der Waals surface area (Å²) in [5, 5.41) is 11.7. The highest BCUT2D eigenvalue weighted by Crippen LogP contribution is 2.25. The third-order valence-electron chi connectivity index (χ3n) is 2.82. The molecule has 0 fully saturated rings. The van der Waals surface area contributed by atoms with Crippen molar-refractivity contribution in [3.8, 4) is 11.8 Å². The van der Waals surface area contributed by atoms with Crippen molar-refractivity contribution in [1.29, 1.82) is 5.26 Å². The number of nitrogens with zero attached hydrogens (tertiary/aromatic N) is 1. The van der Waals surface area contributed by atoms with Gasteiger partial charge >= 0.3 is 0 Å². The second kappa shape index (κ2) is 6.91. The highest BCUT2D eigenvalue weighted by molar-refractivity contribution is 9.10. The lowest BCUT2D eigenvalue weighted by atomic mass is 10.2. The lowest BCUT2D eigenvalue weighted by Crippen LogP contribution is -2.30. The maximum Gasteiger partial charge on any atom is 0.265 e. The monoisotopic (exact) mass is 344 g/mol. The summed E-state index contributed by atoms with van der Waals surface area (Å²) in [7, 11) is 0. The molecule has 2 aromatic rings. The Labute approximate surface area is 131 Å². The van der Waals surface area contributed by atoms with Crippen LogP contribution < -0.4 is 10.1 Å². The molecule has 0 aliphatic carbocycles. The first-order chi connectivity index (χ1) is 10.1. The molecule has 5 heteroatoms. The standard InChI is InChI=1S/C16H13BrN2O2/c1-11(21-15-9-5-3-7-13(15)17)16(20)19-14-8-4-2-6-12(14)10-18/h2-9,11H,1H3,(H,19,20). The topological polar surface area (TPSA) is 62.1 Å². The molecule has 0 saturated heterocycles. The SMILES string of the molecule is CC(Oc1ccccc1Br)C(=O)Nc1ccccc1C#N. The van der Waals surface area contributed by atoms with Crippen molar-refractivity contribution < 1.29 is 9.53 Å². The zero-order valence-electron chi connectivity index (χ0n) is 11.3. The summed E-state index contributed by atoms with van der Waals surface area (Å²) < 4.78 is 6.39. The first kappa shape index (κ1) is 15.1. The molecule has 2 aromatic carbocycles. The maximum atomic E-state index is 12.1. The van der Waals surface area contributed by atoms with Gasteiger partial charge in [0.05, 0.1) is 15.7 Å². The van der Waals surface area contributed by atoms with Gasteiger partial charge < -0.3 is 10.1 Å². The van der Waals surface area contributed by atoms with Crippen molar-refractivity contribution in [2.24, 2.45) is 0 Å². The van der Waals surface area contributed by atoms with Crippen LogP contribution >= 0.6 is 15.9 Å². The first-order valence-corrected chi connectivity index (χ1v) is 7.12. The van der Waals surface area contributed by atoms with E-state index >= 15 is 0 Å². The molecule has 1 unspecified atom stereocenters. The number of ether oxygens (including phenoxy) is 1. The van der Waals surface area contributed by atoms with Crippen LogP contribution in [0.5, 0.6) is 5.75 Å². The van der Waals surface area contributed by atoms with Crippen molar-refractivity contribution in [3.05, 3.63) is 58.6 Å². The zero-order valence-corrected chi connectivity index (χ0v) is 12.9. The van der Waals surface area contributed by atoms with Gasteiger partial charge in [0, 0.05) is 0 Å². The summed E-state index contributed by atoms with van der Waals surface area (Å²) in [4.78, 5) is 12.1. The summed E-state index contributed by atoms with van der Waals surface area (Å²) in [6.07, 6.45) is -0.685. The van der Waals surface area contributed by atoms with Gasteiger partial charge in [0.1, 0.15) is 11.8 Å². The molecule has 0 spiro atoms. The molecule has 4 nitrogen and oxygen atoms in total. The minimum absolute atomic E-state index is 0.312. The molecule has 0 heterocycles. The molecule has 0 bridgehead atoms. The van der Waals surface area contributed by atoms with E-state index < -0.39 is 6.10 Å². The number of anilines is 1. The van der Waals surface area contributed by atoms with Crippen LogP contribution in [0.15, 0.2) is 53.0 Å². The predicted octanol–water partition coefficient (Wildman–Crippen LogP) is 3.73. The van der Waals surface area contributed by atoms with E-state index in [2.05, 4.69) is 21.2 Å². The van der Waals surface area contributed by atoms with Crippen molar-refractivity contribution in [2.45, 2.75) is 13.0 Å². The van der Waals surface area contributed by atoms with Crippen molar-refractivity contribution in [3.63, 3.8) is 0 Å². The largest absolute Gasteiger partial charge is 0.480 e. The molecular formula is C16H13BrN2O2. The minimum atomic E-state index is -0.685. The number of para-hydroxylation sites is 2. The molecule has 1 atom stereocenters. The van der Waals surface area contributed by atoms with Crippen LogP contribution in [-0.4, -0.2) is 12.0 Å². The van der Waals surface area contributed by atoms with Gasteiger partial charge in [-0.2, -0.15) is 5.26 Å². The fraction of sp³-hybridized carbons (Fsp3) is 0.125. The number of carbonyl (C=O) groups excluding carboxylic acids is 1. The fourth-order valence-corrected chi connectivity index (χ4v) is 2.09. The number of rotatable bonds is 4. The Kier molecular flexibility index (Phi) is 4.96. The van der Waals surface area contributed by atoms with Crippen molar-refractivity contribution >= 4 is 27.5 Å². The average molecular weight is 345 g/mol. The van der Waals surface area contributed by atoms with Gasteiger partial charge in [0.25, 0.3) is 5.91 Å². The van der Waals surface area contributed by atoms with Crippen LogP contribution in [-0.2, 0) is 4.79 Å². The Morgan fingerprint density at radius 2 is 1.90 bits per heavy atom. The van der Waals surface area contributed by atoms with Crippen LogP contribution in [0, 0.1) is 11.3 Å². The van der Waals surface area contributed by atoms with Gasteiger partial charge in [-0.25, -0.2) is 0 Å². The summed E-state index contributed by atoms with van der Waals surface area (Å²) in [5.74, 6) is 0.280. The van der Waals surface area contributed by atoms with Gasteiger partial charge in [0.2, 0.25) is 0 Å². The average Bonchev–Trinajstić information content (AvgIpc) is 2.50.